The second-order valence-corrected chi connectivity index (χ2v) is 4.08. The lowest BCUT2D eigenvalue weighted by atomic mass is 10.1. The predicted octanol–water partition coefficient (Wildman–Crippen LogP) is 0.0578. The number of anilines is 2. The zero-order valence-corrected chi connectivity index (χ0v) is 8.89. The summed E-state index contributed by atoms with van der Waals surface area (Å²) < 4.78 is 0. The van der Waals surface area contributed by atoms with E-state index in [1.54, 1.807) is 23.1 Å². The van der Waals surface area contributed by atoms with Crippen molar-refractivity contribution in [3.8, 4) is 0 Å². The van der Waals surface area contributed by atoms with Crippen molar-refractivity contribution in [2.75, 3.05) is 24.6 Å². The van der Waals surface area contributed by atoms with Crippen molar-refractivity contribution >= 4 is 17.3 Å². The largest absolute Gasteiger partial charge is 0.399 e. The van der Waals surface area contributed by atoms with Crippen molar-refractivity contribution < 1.29 is 9.90 Å². The summed E-state index contributed by atoms with van der Waals surface area (Å²) in [5.74, 6) is -0.129. The molecule has 86 valence electrons. The SMILES string of the molecule is Nc1cc(N)cc(C(=O)N2CCC(O)C2)c1. The van der Waals surface area contributed by atoms with Crippen molar-refractivity contribution in [3.63, 3.8) is 0 Å². The van der Waals surface area contributed by atoms with Crippen LogP contribution < -0.4 is 11.5 Å². The van der Waals surface area contributed by atoms with Crippen molar-refractivity contribution in [1.82, 2.24) is 4.90 Å². The number of β-amino-alcohol motifs (C(OH)–C–C–N with tert-alkyl or cyclic N) is 1. The van der Waals surface area contributed by atoms with Gasteiger partial charge in [-0.25, -0.2) is 0 Å². The van der Waals surface area contributed by atoms with Crippen LogP contribution >= 0.6 is 0 Å². The van der Waals surface area contributed by atoms with Gasteiger partial charge in [-0.3, -0.25) is 4.79 Å². The molecule has 0 aliphatic carbocycles. The topological polar surface area (TPSA) is 92.6 Å². The lowest BCUT2D eigenvalue weighted by molar-refractivity contribution is 0.0765. The Morgan fingerprint density at radius 2 is 1.94 bits per heavy atom. The first-order valence-electron chi connectivity index (χ1n) is 5.19. The second-order valence-electron chi connectivity index (χ2n) is 4.08. The molecule has 1 aromatic rings. The quantitative estimate of drug-likeness (QED) is 0.584. The Hall–Kier alpha value is -1.75. The molecule has 2 rings (SSSR count). The van der Waals surface area contributed by atoms with Crippen molar-refractivity contribution in [2.24, 2.45) is 0 Å². The Morgan fingerprint density at radius 1 is 1.31 bits per heavy atom. The molecule has 0 aromatic heterocycles. The first kappa shape index (κ1) is 10.8. The van der Waals surface area contributed by atoms with Crippen LogP contribution in [-0.2, 0) is 0 Å². The van der Waals surface area contributed by atoms with Gasteiger partial charge in [0.15, 0.2) is 0 Å². The molecule has 1 fully saturated rings. The fourth-order valence-corrected chi connectivity index (χ4v) is 1.91. The Bertz CT molecular complexity index is 399. The fourth-order valence-electron chi connectivity index (χ4n) is 1.91. The van der Waals surface area contributed by atoms with Gasteiger partial charge in [-0.05, 0) is 24.6 Å². The average Bonchev–Trinajstić information content (AvgIpc) is 2.62. The Labute approximate surface area is 93.6 Å². The number of hydrogen-bond acceptors (Lipinski definition) is 4. The van der Waals surface area contributed by atoms with E-state index in [0.717, 1.165) is 0 Å². The lowest BCUT2D eigenvalue weighted by Crippen LogP contribution is -2.29. The molecule has 1 aliphatic heterocycles. The predicted molar refractivity (Wildman–Crippen MR) is 61.8 cm³/mol. The zero-order valence-electron chi connectivity index (χ0n) is 8.89. The van der Waals surface area contributed by atoms with Gasteiger partial charge in [0.2, 0.25) is 0 Å². The summed E-state index contributed by atoms with van der Waals surface area (Å²) in [5.41, 5.74) is 12.7. The number of benzene rings is 1. The minimum atomic E-state index is -0.414. The molecule has 0 radical (unpaired) electrons. The minimum Gasteiger partial charge on any atom is -0.399 e. The molecule has 1 heterocycles. The van der Waals surface area contributed by atoms with Crippen LogP contribution in [0.25, 0.3) is 0 Å². The van der Waals surface area contributed by atoms with E-state index < -0.39 is 6.10 Å². The summed E-state index contributed by atoms with van der Waals surface area (Å²) in [7, 11) is 0. The summed E-state index contributed by atoms with van der Waals surface area (Å²) in [6.45, 7) is 0.961. The molecule has 5 N–H and O–H groups in total. The molecular weight excluding hydrogens is 206 g/mol. The highest BCUT2D eigenvalue weighted by molar-refractivity contribution is 5.96. The third kappa shape index (κ3) is 2.09. The third-order valence-electron chi connectivity index (χ3n) is 2.68. The van der Waals surface area contributed by atoms with E-state index in [9.17, 15) is 9.90 Å². The first-order chi connectivity index (χ1) is 7.56. The fraction of sp³-hybridized carbons (Fsp3) is 0.364. The normalized spacial score (nSPS) is 20.1. The van der Waals surface area contributed by atoms with Gasteiger partial charge in [0.1, 0.15) is 0 Å². The smallest absolute Gasteiger partial charge is 0.254 e. The van der Waals surface area contributed by atoms with Crippen LogP contribution in [0.15, 0.2) is 18.2 Å². The van der Waals surface area contributed by atoms with E-state index in [0.29, 0.717) is 36.4 Å². The van der Waals surface area contributed by atoms with Crippen molar-refractivity contribution in [1.29, 1.82) is 0 Å². The molecule has 0 bridgehead atoms. The number of amides is 1. The van der Waals surface area contributed by atoms with Crippen LogP contribution in [0.3, 0.4) is 0 Å². The highest BCUT2D eigenvalue weighted by Gasteiger charge is 2.25. The summed E-state index contributed by atoms with van der Waals surface area (Å²) in [6.07, 6.45) is 0.214. The highest BCUT2D eigenvalue weighted by atomic mass is 16.3. The molecule has 0 saturated carbocycles. The Morgan fingerprint density at radius 3 is 2.44 bits per heavy atom. The maximum absolute atomic E-state index is 12.0. The number of aliphatic hydroxyl groups excluding tert-OH is 1. The van der Waals surface area contributed by atoms with E-state index in [4.69, 9.17) is 11.5 Å². The summed E-state index contributed by atoms with van der Waals surface area (Å²) in [5, 5.41) is 9.36. The average molecular weight is 221 g/mol. The maximum Gasteiger partial charge on any atom is 0.254 e. The van der Waals surface area contributed by atoms with E-state index in [1.165, 1.54) is 0 Å². The summed E-state index contributed by atoms with van der Waals surface area (Å²) in [6, 6.07) is 4.81. The number of nitrogens with two attached hydrogens (primary N) is 2. The highest BCUT2D eigenvalue weighted by Crippen LogP contribution is 2.18. The number of carbonyl (C=O) groups is 1. The molecule has 1 aliphatic rings. The molecule has 5 heteroatoms. The first-order valence-corrected chi connectivity index (χ1v) is 5.19. The van der Waals surface area contributed by atoms with Crippen LogP contribution in [0, 0.1) is 0 Å². The molecule has 5 nitrogen and oxygen atoms in total. The van der Waals surface area contributed by atoms with Crippen LogP contribution in [0.4, 0.5) is 11.4 Å². The Balaban J connectivity index is 2.20. The number of nitrogens with zero attached hydrogens (tertiary/aromatic N) is 1. The van der Waals surface area contributed by atoms with Gasteiger partial charge < -0.3 is 21.5 Å². The van der Waals surface area contributed by atoms with Gasteiger partial charge in [-0.15, -0.1) is 0 Å². The monoisotopic (exact) mass is 221 g/mol. The maximum atomic E-state index is 12.0. The number of aliphatic hydroxyl groups is 1. The zero-order chi connectivity index (χ0) is 11.7. The molecule has 16 heavy (non-hydrogen) atoms. The van der Waals surface area contributed by atoms with Gasteiger partial charge >= 0.3 is 0 Å². The van der Waals surface area contributed by atoms with Gasteiger partial charge in [-0.1, -0.05) is 0 Å². The second kappa shape index (κ2) is 4.02. The molecule has 1 aromatic carbocycles. The molecule has 0 spiro atoms. The van der Waals surface area contributed by atoms with Crippen molar-refractivity contribution in [3.05, 3.63) is 23.8 Å². The van der Waals surface area contributed by atoms with Gasteiger partial charge in [0, 0.05) is 30.0 Å². The molecule has 1 amide bonds. The van der Waals surface area contributed by atoms with E-state index in [1.807, 2.05) is 0 Å². The van der Waals surface area contributed by atoms with Gasteiger partial charge in [0.05, 0.1) is 6.10 Å². The number of hydrogen-bond donors (Lipinski definition) is 3. The summed E-state index contributed by atoms with van der Waals surface area (Å²) >= 11 is 0. The number of rotatable bonds is 1. The Kier molecular flexibility index (Phi) is 2.70. The number of nitrogen functional groups attached to an aromatic ring is 2. The number of likely N-dealkylation sites (tertiary alicyclic amines) is 1. The van der Waals surface area contributed by atoms with Crippen LogP contribution in [0.5, 0.6) is 0 Å². The lowest BCUT2D eigenvalue weighted by Gasteiger charge is -2.16. The molecule has 1 atom stereocenters. The van der Waals surface area contributed by atoms with Crippen LogP contribution in [-0.4, -0.2) is 35.1 Å². The van der Waals surface area contributed by atoms with E-state index in [2.05, 4.69) is 0 Å². The van der Waals surface area contributed by atoms with E-state index >= 15 is 0 Å². The number of carbonyl (C=O) groups excluding carboxylic acids is 1. The third-order valence-corrected chi connectivity index (χ3v) is 2.68. The summed E-state index contributed by atoms with van der Waals surface area (Å²) in [4.78, 5) is 13.6. The van der Waals surface area contributed by atoms with Gasteiger partial charge in [0.25, 0.3) is 5.91 Å². The van der Waals surface area contributed by atoms with Crippen molar-refractivity contribution in [2.45, 2.75) is 12.5 Å². The molecule has 1 saturated heterocycles. The van der Waals surface area contributed by atoms with Crippen LogP contribution in [0.1, 0.15) is 16.8 Å². The standard InChI is InChI=1S/C11H15N3O2/c12-8-3-7(4-9(13)5-8)11(16)14-2-1-10(15)6-14/h3-5,10,15H,1-2,6,12-13H2. The minimum absolute atomic E-state index is 0.129. The van der Waals surface area contributed by atoms with Crippen LogP contribution in [0.2, 0.25) is 0 Å². The molecule has 1 unspecified atom stereocenters. The molecular formula is C11H15N3O2. The van der Waals surface area contributed by atoms with Gasteiger partial charge in [-0.2, -0.15) is 0 Å². The van der Waals surface area contributed by atoms with E-state index in [-0.39, 0.29) is 5.91 Å².